The zero-order chi connectivity index (χ0) is 13.8. The quantitative estimate of drug-likeness (QED) is 0.834. The van der Waals surface area contributed by atoms with E-state index in [0.717, 1.165) is 3.79 Å². The molecule has 2 rings (SSSR count). The molecular weight excluding hydrogens is 350 g/mol. The highest BCUT2D eigenvalue weighted by Gasteiger charge is 2.18. The molecule has 19 heavy (non-hydrogen) atoms. The standard InChI is InChI=1S/C12H10BrNO3S2/c1-17-10-7(6-19-11(10)13)12(16)14-5-8(15)9-3-2-4-18-9/h2-4,6H,5H2,1H3,(H,14,16). The second kappa shape index (κ2) is 6.31. The smallest absolute Gasteiger partial charge is 0.256 e. The summed E-state index contributed by atoms with van der Waals surface area (Å²) in [5.41, 5.74) is 0.429. The molecule has 0 aliphatic heterocycles. The van der Waals surface area contributed by atoms with Crippen LogP contribution in [0.15, 0.2) is 26.7 Å². The molecule has 0 saturated heterocycles. The van der Waals surface area contributed by atoms with Crippen LogP contribution in [-0.4, -0.2) is 25.3 Å². The van der Waals surface area contributed by atoms with Gasteiger partial charge in [-0.25, -0.2) is 0 Å². The maximum atomic E-state index is 12.0. The zero-order valence-corrected chi connectivity index (χ0v) is 13.2. The third kappa shape index (κ3) is 3.23. The number of carbonyl (C=O) groups is 2. The van der Waals surface area contributed by atoms with E-state index in [1.165, 1.54) is 29.8 Å². The van der Waals surface area contributed by atoms with Gasteiger partial charge in [0, 0.05) is 5.38 Å². The van der Waals surface area contributed by atoms with Gasteiger partial charge in [0.05, 0.1) is 24.1 Å². The van der Waals surface area contributed by atoms with Crippen LogP contribution in [-0.2, 0) is 0 Å². The van der Waals surface area contributed by atoms with E-state index in [1.807, 2.05) is 5.38 Å². The number of Topliss-reactive ketones (excluding diaryl/α,β-unsaturated/α-hetero) is 1. The molecule has 0 bridgehead atoms. The summed E-state index contributed by atoms with van der Waals surface area (Å²) in [6, 6.07) is 3.54. The molecule has 0 radical (unpaired) electrons. The SMILES string of the molecule is COc1c(C(=O)NCC(=O)c2cccs2)csc1Br. The summed E-state index contributed by atoms with van der Waals surface area (Å²) in [7, 11) is 1.50. The normalized spacial score (nSPS) is 10.2. The molecule has 0 saturated carbocycles. The Morgan fingerprint density at radius 2 is 2.21 bits per heavy atom. The number of ketones is 1. The Hall–Kier alpha value is -1.18. The molecule has 7 heteroatoms. The lowest BCUT2D eigenvalue weighted by atomic mass is 10.2. The number of amides is 1. The summed E-state index contributed by atoms with van der Waals surface area (Å²) < 4.78 is 5.89. The topological polar surface area (TPSA) is 55.4 Å². The summed E-state index contributed by atoms with van der Waals surface area (Å²) in [6.45, 7) is -0.0179. The molecule has 1 N–H and O–H groups in total. The van der Waals surface area contributed by atoms with Crippen LogP contribution in [0.5, 0.6) is 5.75 Å². The van der Waals surface area contributed by atoms with Crippen molar-refractivity contribution in [2.75, 3.05) is 13.7 Å². The predicted octanol–water partition coefficient (Wildman–Crippen LogP) is 3.19. The second-order valence-electron chi connectivity index (χ2n) is 3.54. The number of hydrogen-bond donors (Lipinski definition) is 1. The summed E-state index contributed by atoms with van der Waals surface area (Å²) in [6.07, 6.45) is 0. The molecule has 100 valence electrons. The van der Waals surface area contributed by atoms with E-state index in [9.17, 15) is 9.59 Å². The minimum Gasteiger partial charge on any atom is -0.494 e. The van der Waals surface area contributed by atoms with Crippen molar-refractivity contribution in [3.05, 3.63) is 37.1 Å². The van der Waals surface area contributed by atoms with Crippen LogP contribution in [0.2, 0.25) is 0 Å². The zero-order valence-electron chi connectivity index (χ0n) is 9.94. The number of methoxy groups -OCH3 is 1. The van der Waals surface area contributed by atoms with Crippen molar-refractivity contribution in [2.45, 2.75) is 0 Å². The molecule has 2 aromatic heterocycles. The molecule has 2 heterocycles. The Kier molecular flexibility index (Phi) is 4.73. The van der Waals surface area contributed by atoms with Gasteiger partial charge in [-0.05, 0) is 27.4 Å². The van der Waals surface area contributed by atoms with Crippen LogP contribution in [0.25, 0.3) is 0 Å². The van der Waals surface area contributed by atoms with Gasteiger partial charge in [-0.1, -0.05) is 6.07 Å². The maximum absolute atomic E-state index is 12.0. The van der Waals surface area contributed by atoms with E-state index < -0.39 is 0 Å². The number of carbonyl (C=O) groups excluding carboxylic acids is 2. The Balaban J connectivity index is 2.00. The number of nitrogens with one attached hydrogen (secondary N) is 1. The van der Waals surface area contributed by atoms with Crippen LogP contribution in [0, 0.1) is 0 Å². The van der Waals surface area contributed by atoms with Crippen LogP contribution < -0.4 is 10.1 Å². The molecule has 0 atom stereocenters. The fraction of sp³-hybridized carbons (Fsp3) is 0.167. The van der Waals surface area contributed by atoms with Gasteiger partial charge in [0.15, 0.2) is 11.5 Å². The van der Waals surface area contributed by atoms with Crippen LogP contribution in [0.3, 0.4) is 0 Å². The minimum atomic E-state index is -0.316. The fourth-order valence-corrected chi connectivity index (χ4v) is 3.51. The van der Waals surface area contributed by atoms with Crippen molar-refractivity contribution in [3.8, 4) is 5.75 Å². The van der Waals surface area contributed by atoms with Gasteiger partial charge in [-0.3, -0.25) is 9.59 Å². The molecule has 1 amide bonds. The lowest BCUT2D eigenvalue weighted by molar-refractivity contribution is 0.0904. The third-order valence-electron chi connectivity index (χ3n) is 2.36. The first-order chi connectivity index (χ1) is 9.13. The van der Waals surface area contributed by atoms with Gasteiger partial charge < -0.3 is 10.1 Å². The van der Waals surface area contributed by atoms with Gasteiger partial charge in [0.1, 0.15) is 3.79 Å². The Morgan fingerprint density at radius 3 is 2.84 bits per heavy atom. The Morgan fingerprint density at radius 1 is 1.42 bits per heavy atom. The first-order valence-corrected chi connectivity index (χ1v) is 7.84. The maximum Gasteiger partial charge on any atom is 0.256 e. The number of rotatable bonds is 5. The van der Waals surface area contributed by atoms with E-state index in [-0.39, 0.29) is 18.2 Å². The molecule has 0 aliphatic rings. The van der Waals surface area contributed by atoms with Gasteiger partial charge in [-0.15, -0.1) is 22.7 Å². The lowest BCUT2D eigenvalue weighted by Gasteiger charge is -2.05. The highest BCUT2D eigenvalue weighted by molar-refractivity contribution is 9.11. The third-order valence-corrected chi connectivity index (χ3v) is 4.94. The van der Waals surface area contributed by atoms with Gasteiger partial charge >= 0.3 is 0 Å². The van der Waals surface area contributed by atoms with Crippen molar-refractivity contribution in [1.82, 2.24) is 5.32 Å². The molecule has 0 fully saturated rings. The molecule has 0 spiro atoms. The van der Waals surface area contributed by atoms with E-state index in [0.29, 0.717) is 16.2 Å². The van der Waals surface area contributed by atoms with E-state index in [1.54, 1.807) is 17.5 Å². The first-order valence-electron chi connectivity index (χ1n) is 5.29. The highest BCUT2D eigenvalue weighted by Crippen LogP contribution is 2.35. The number of halogens is 1. The number of thiophene rings is 2. The summed E-state index contributed by atoms with van der Waals surface area (Å²) in [4.78, 5) is 24.4. The molecule has 0 aromatic carbocycles. The van der Waals surface area contributed by atoms with Gasteiger partial charge in [0.2, 0.25) is 0 Å². The van der Waals surface area contributed by atoms with E-state index >= 15 is 0 Å². The van der Waals surface area contributed by atoms with Crippen molar-refractivity contribution in [2.24, 2.45) is 0 Å². The lowest BCUT2D eigenvalue weighted by Crippen LogP contribution is -2.29. The molecular formula is C12H10BrNO3S2. The fourth-order valence-electron chi connectivity index (χ4n) is 1.45. The first kappa shape index (κ1) is 14.2. The van der Waals surface area contributed by atoms with Crippen molar-refractivity contribution in [1.29, 1.82) is 0 Å². The van der Waals surface area contributed by atoms with Crippen LogP contribution in [0.1, 0.15) is 20.0 Å². The molecule has 4 nitrogen and oxygen atoms in total. The van der Waals surface area contributed by atoms with Gasteiger partial charge in [-0.2, -0.15) is 0 Å². The highest BCUT2D eigenvalue weighted by atomic mass is 79.9. The van der Waals surface area contributed by atoms with Crippen molar-refractivity contribution in [3.63, 3.8) is 0 Å². The average molecular weight is 360 g/mol. The van der Waals surface area contributed by atoms with E-state index in [2.05, 4.69) is 21.2 Å². The largest absolute Gasteiger partial charge is 0.494 e. The Bertz CT molecular complexity index is 592. The van der Waals surface area contributed by atoms with Gasteiger partial charge in [0.25, 0.3) is 5.91 Å². The molecule has 0 unspecified atom stereocenters. The molecule has 2 aromatic rings. The average Bonchev–Trinajstić information content (AvgIpc) is 3.04. The van der Waals surface area contributed by atoms with Crippen LogP contribution >= 0.6 is 38.6 Å². The monoisotopic (exact) mass is 359 g/mol. The molecule has 0 aliphatic carbocycles. The predicted molar refractivity (Wildman–Crippen MR) is 79.6 cm³/mol. The van der Waals surface area contributed by atoms with Crippen molar-refractivity contribution < 1.29 is 14.3 Å². The van der Waals surface area contributed by atoms with E-state index in [4.69, 9.17) is 4.74 Å². The minimum absolute atomic E-state index is 0.0179. The second-order valence-corrected chi connectivity index (χ2v) is 6.68. The number of hydrogen-bond acceptors (Lipinski definition) is 5. The number of ether oxygens (including phenoxy) is 1. The van der Waals surface area contributed by atoms with Crippen LogP contribution in [0.4, 0.5) is 0 Å². The van der Waals surface area contributed by atoms with Crippen molar-refractivity contribution >= 4 is 50.3 Å². The summed E-state index contributed by atoms with van der Waals surface area (Å²) >= 11 is 6.03. The Labute approximate surface area is 126 Å². The summed E-state index contributed by atoms with van der Waals surface area (Å²) in [5.74, 6) is 0.0754. The summed E-state index contributed by atoms with van der Waals surface area (Å²) in [5, 5.41) is 6.11.